The van der Waals surface area contributed by atoms with Gasteiger partial charge in [-0.05, 0) is 30.5 Å². The van der Waals surface area contributed by atoms with Gasteiger partial charge in [0.1, 0.15) is 10.6 Å². The minimum Gasteiger partial charge on any atom is -0.465 e. The highest BCUT2D eigenvalue weighted by atomic mass is 79.9. The predicted octanol–water partition coefficient (Wildman–Crippen LogP) is 5.27. The van der Waals surface area contributed by atoms with Gasteiger partial charge < -0.3 is 10.1 Å². The van der Waals surface area contributed by atoms with Crippen LogP contribution in [0.2, 0.25) is 0 Å². The molecular weight excluding hydrogens is 390 g/mol. The molecule has 0 radical (unpaired) electrons. The predicted molar refractivity (Wildman–Crippen MR) is 102 cm³/mol. The summed E-state index contributed by atoms with van der Waals surface area (Å²) in [5, 5.41) is 3.44. The Balaban J connectivity index is 2.59. The molecular formula is C18H20BrNO3S. The lowest BCUT2D eigenvalue weighted by Gasteiger charge is -2.08. The Morgan fingerprint density at radius 2 is 1.88 bits per heavy atom. The summed E-state index contributed by atoms with van der Waals surface area (Å²) < 4.78 is 5.94. The first-order valence-electron chi connectivity index (χ1n) is 7.81. The Kier molecular flexibility index (Phi) is 6.57. The van der Waals surface area contributed by atoms with Crippen molar-refractivity contribution in [3.8, 4) is 11.1 Å². The molecule has 0 saturated carbocycles. The highest BCUT2D eigenvalue weighted by molar-refractivity contribution is 9.10. The van der Waals surface area contributed by atoms with Crippen molar-refractivity contribution in [3.05, 3.63) is 39.2 Å². The molecule has 2 rings (SSSR count). The summed E-state index contributed by atoms with van der Waals surface area (Å²) in [5.41, 5.74) is 2.21. The van der Waals surface area contributed by atoms with Crippen molar-refractivity contribution in [2.45, 2.75) is 33.1 Å². The summed E-state index contributed by atoms with van der Waals surface area (Å²) in [4.78, 5) is 25.4. The molecule has 1 amide bonds. The summed E-state index contributed by atoms with van der Waals surface area (Å²) in [5.74, 6) is -0.524. The van der Waals surface area contributed by atoms with Crippen LogP contribution in [0.5, 0.6) is 0 Å². The van der Waals surface area contributed by atoms with Crippen LogP contribution in [0.25, 0.3) is 11.1 Å². The molecule has 0 aliphatic heterocycles. The van der Waals surface area contributed by atoms with E-state index >= 15 is 0 Å². The molecule has 1 heterocycles. The molecule has 24 heavy (non-hydrogen) atoms. The van der Waals surface area contributed by atoms with Gasteiger partial charge in [-0.3, -0.25) is 4.79 Å². The number of carbonyl (C=O) groups is 2. The SMILES string of the molecule is CCCC(=O)Nc1sc(CC)c(-c2ccc(Br)cc2)c1C(=O)OC. The normalized spacial score (nSPS) is 10.5. The molecule has 0 bridgehead atoms. The van der Waals surface area contributed by atoms with Crippen LogP contribution in [0.3, 0.4) is 0 Å². The Labute approximate surface area is 154 Å². The first kappa shape index (κ1) is 18.7. The molecule has 0 fully saturated rings. The number of thiophene rings is 1. The summed E-state index contributed by atoms with van der Waals surface area (Å²) in [6, 6.07) is 7.77. The maximum absolute atomic E-state index is 12.4. The van der Waals surface area contributed by atoms with Crippen LogP contribution < -0.4 is 5.32 Å². The lowest BCUT2D eigenvalue weighted by Crippen LogP contribution is -2.13. The topological polar surface area (TPSA) is 55.4 Å². The molecule has 0 saturated heterocycles. The van der Waals surface area contributed by atoms with E-state index in [-0.39, 0.29) is 5.91 Å². The number of hydrogen-bond acceptors (Lipinski definition) is 4. The first-order chi connectivity index (χ1) is 11.5. The quantitative estimate of drug-likeness (QED) is 0.661. The van der Waals surface area contributed by atoms with Gasteiger partial charge in [0, 0.05) is 21.3 Å². The molecule has 0 atom stereocenters. The monoisotopic (exact) mass is 409 g/mol. The zero-order valence-corrected chi connectivity index (χ0v) is 16.3. The van der Waals surface area contributed by atoms with Crippen molar-refractivity contribution >= 4 is 44.1 Å². The second kappa shape index (κ2) is 8.44. The van der Waals surface area contributed by atoms with E-state index in [0.717, 1.165) is 33.3 Å². The summed E-state index contributed by atoms with van der Waals surface area (Å²) in [6.45, 7) is 3.98. The number of methoxy groups -OCH3 is 1. The van der Waals surface area contributed by atoms with Crippen LogP contribution in [0.1, 0.15) is 41.9 Å². The van der Waals surface area contributed by atoms with E-state index in [4.69, 9.17) is 4.74 Å². The molecule has 1 aromatic carbocycles. The Bertz CT molecular complexity index is 737. The Morgan fingerprint density at radius 1 is 1.21 bits per heavy atom. The fourth-order valence-corrected chi connectivity index (χ4v) is 3.88. The number of carbonyl (C=O) groups excluding carboxylic acids is 2. The molecule has 0 spiro atoms. The van der Waals surface area contributed by atoms with E-state index in [2.05, 4.69) is 21.2 Å². The molecule has 0 aliphatic carbocycles. The number of benzene rings is 1. The van der Waals surface area contributed by atoms with Crippen LogP contribution in [-0.4, -0.2) is 19.0 Å². The highest BCUT2D eigenvalue weighted by Gasteiger charge is 2.25. The maximum atomic E-state index is 12.4. The van der Waals surface area contributed by atoms with E-state index in [1.807, 2.05) is 38.1 Å². The third kappa shape index (κ3) is 4.05. The minimum absolute atomic E-state index is 0.0890. The van der Waals surface area contributed by atoms with E-state index < -0.39 is 5.97 Å². The largest absolute Gasteiger partial charge is 0.465 e. The van der Waals surface area contributed by atoms with Crippen LogP contribution in [0.4, 0.5) is 5.00 Å². The number of nitrogens with one attached hydrogen (secondary N) is 1. The van der Waals surface area contributed by atoms with Crippen molar-refractivity contribution in [1.29, 1.82) is 0 Å². The van der Waals surface area contributed by atoms with Crippen LogP contribution in [0.15, 0.2) is 28.7 Å². The van der Waals surface area contributed by atoms with Crippen molar-refractivity contribution < 1.29 is 14.3 Å². The number of halogens is 1. The van der Waals surface area contributed by atoms with Gasteiger partial charge >= 0.3 is 5.97 Å². The first-order valence-corrected chi connectivity index (χ1v) is 9.42. The third-order valence-corrected chi connectivity index (χ3v) is 5.33. The van der Waals surface area contributed by atoms with Crippen LogP contribution in [-0.2, 0) is 16.0 Å². The van der Waals surface area contributed by atoms with Gasteiger partial charge in [0.25, 0.3) is 0 Å². The van der Waals surface area contributed by atoms with E-state index in [1.54, 1.807) is 0 Å². The number of rotatable bonds is 6. The standard InChI is InChI=1S/C18H20BrNO3S/c1-4-6-14(21)20-17-16(18(22)23-3)15(13(5-2)24-17)11-7-9-12(19)10-8-11/h7-10H,4-6H2,1-3H3,(H,20,21). The summed E-state index contributed by atoms with van der Waals surface area (Å²) >= 11 is 4.86. The minimum atomic E-state index is -0.435. The molecule has 4 nitrogen and oxygen atoms in total. The fraction of sp³-hybridized carbons (Fsp3) is 0.333. The number of esters is 1. The third-order valence-electron chi connectivity index (χ3n) is 3.55. The number of hydrogen-bond donors (Lipinski definition) is 1. The van der Waals surface area contributed by atoms with Gasteiger partial charge in [-0.1, -0.05) is 41.9 Å². The molecule has 6 heteroatoms. The zero-order valence-electron chi connectivity index (χ0n) is 13.9. The molecule has 0 unspecified atom stereocenters. The molecule has 128 valence electrons. The van der Waals surface area contributed by atoms with Crippen molar-refractivity contribution in [3.63, 3.8) is 0 Å². The number of ether oxygens (including phenoxy) is 1. The average molecular weight is 410 g/mol. The smallest absolute Gasteiger partial charge is 0.341 e. The zero-order chi connectivity index (χ0) is 17.7. The van der Waals surface area contributed by atoms with Gasteiger partial charge in [-0.15, -0.1) is 11.3 Å². The van der Waals surface area contributed by atoms with Crippen LogP contribution in [0, 0.1) is 0 Å². The average Bonchev–Trinajstić information content (AvgIpc) is 2.93. The number of amides is 1. The molecule has 0 aliphatic rings. The Morgan fingerprint density at radius 3 is 2.42 bits per heavy atom. The van der Waals surface area contributed by atoms with Gasteiger partial charge in [0.15, 0.2) is 0 Å². The second-order valence-electron chi connectivity index (χ2n) is 5.25. The van der Waals surface area contributed by atoms with E-state index in [9.17, 15) is 9.59 Å². The van der Waals surface area contributed by atoms with Gasteiger partial charge in [-0.2, -0.15) is 0 Å². The maximum Gasteiger partial charge on any atom is 0.341 e. The molecule has 2 aromatic rings. The molecule has 1 N–H and O–H groups in total. The van der Waals surface area contributed by atoms with Gasteiger partial charge in [0.2, 0.25) is 5.91 Å². The number of aryl methyl sites for hydroxylation is 1. The summed E-state index contributed by atoms with van der Waals surface area (Å²) in [7, 11) is 1.36. The number of anilines is 1. The summed E-state index contributed by atoms with van der Waals surface area (Å²) in [6.07, 6.45) is 1.95. The second-order valence-corrected chi connectivity index (χ2v) is 7.28. The van der Waals surface area contributed by atoms with Crippen molar-refractivity contribution in [1.82, 2.24) is 0 Å². The van der Waals surface area contributed by atoms with Gasteiger partial charge in [0.05, 0.1) is 7.11 Å². The lowest BCUT2D eigenvalue weighted by molar-refractivity contribution is -0.116. The van der Waals surface area contributed by atoms with Crippen molar-refractivity contribution in [2.24, 2.45) is 0 Å². The van der Waals surface area contributed by atoms with E-state index in [1.165, 1.54) is 18.4 Å². The molecule has 1 aromatic heterocycles. The Hall–Kier alpha value is -1.66. The van der Waals surface area contributed by atoms with E-state index in [0.29, 0.717) is 17.0 Å². The highest BCUT2D eigenvalue weighted by Crippen LogP contribution is 2.41. The van der Waals surface area contributed by atoms with Crippen molar-refractivity contribution in [2.75, 3.05) is 12.4 Å². The van der Waals surface area contributed by atoms with Crippen LogP contribution >= 0.6 is 27.3 Å². The van der Waals surface area contributed by atoms with Gasteiger partial charge in [-0.25, -0.2) is 4.79 Å². The lowest BCUT2D eigenvalue weighted by atomic mass is 10.00. The fourth-order valence-electron chi connectivity index (χ4n) is 2.45.